The van der Waals surface area contributed by atoms with E-state index in [1.165, 1.54) is 7.11 Å². The smallest absolute Gasteiger partial charge is 0.323 e. The molecule has 0 atom stereocenters. The van der Waals surface area contributed by atoms with Crippen LogP contribution in [-0.2, 0) is 16.2 Å². The van der Waals surface area contributed by atoms with Gasteiger partial charge in [0.25, 0.3) is 5.91 Å². The minimum atomic E-state index is -1.13. The average Bonchev–Trinajstić information content (AvgIpc) is 2.95. The normalized spacial score (nSPS) is 15.0. The third-order valence-corrected chi connectivity index (χ3v) is 6.39. The van der Waals surface area contributed by atoms with Crippen LogP contribution in [-0.4, -0.2) is 39.9 Å². The fourth-order valence-electron chi connectivity index (χ4n) is 2.62. The summed E-state index contributed by atoms with van der Waals surface area (Å²) in [5, 5.41) is 9.26. The van der Waals surface area contributed by atoms with Crippen LogP contribution in [0.1, 0.15) is 11.1 Å². The lowest BCUT2D eigenvalue weighted by Gasteiger charge is -2.14. The number of methoxy groups -OCH3 is 1. The standard InChI is InChI=1S/C20H15ClINO5S2/c1-27-15-7-12(8-16-19(26)23(9-17(24)25)20(29)30-16)6-14(21)18(15)28-10-11-2-4-13(22)5-3-11/h2-8H,9-10H2,1H3,(H,24,25). The summed E-state index contributed by atoms with van der Waals surface area (Å²) in [5.74, 6) is -0.776. The van der Waals surface area contributed by atoms with E-state index in [0.717, 1.165) is 25.8 Å². The number of rotatable bonds is 7. The van der Waals surface area contributed by atoms with Crippen LogP contribution in [0.2, 0.25) is 5.02 Å². The lowest BCUT2D eigenvalue weighted by molar-refractivity contribution is -0.140. The van der Waals surface area contributed by atoms with E-state index in [2.05, 4.69) is 22.6 Å². The largest absolute Gasteiger partial charge is 0.493 e. The minimum absolute atomic E-state index is 0.198. The van der Waals surface area contributed by atoms with Crippen molar-refractivity contribution in [3.63, 3.8) is 0 Å². The van der Waals surface area contributed by atoms with Gasteiger partial charge in [0.2, 0.25) is 0 Å². The Balaban J connectivity index is 1.82. The zero-order valence-corrected chi connectivity index (χ0v) is 20.1. The first-order valence-electron chi connectivity index (χ1n) is 8.50. The number of carbonyl (C=O) groups is 2. The molecule has 1 amide bonds. The number of thiocarbonyl (C=S) groups is 1. The zero-order valence-electron chi connectivity index (χ0n) is 15.6. The second-order valence-electron chi connectivity index (χ2n) is 6.11. The van der Waals surface area contributed by atoms with Crippen LogP contribution in [0.4, 0.5) is 0 Å². The molecule has 0 unspecified atom stereocenters. The van der Waals surface area contributed by atoms with E-state index in [0.29, 0.717) is 33.6 Å². The number of hydrogen-bond donors (Lipinski definition) is 1. The van der Waals surface area contributed by atoms with Crippen LogP contribution in [0.5, 0.6) is 11.5 Å². The van der Waals surface area contributed by atoms with Gasteiger partial charge in [-0.15, -0.1) is 0 Å². The Morgan fingerprint density at radius 3 is 2.67 bits per heavy atom. The molecule has 1 N–H and O–H groups in total. The van der Waals surface area contributed by atoms with Crippen LogP contribution in [0.25, 0.3) is 6.08 Å². The SMILES string of the molecule is COc1cc(C=C2SC(=S)N(CC(=O)O)C2=O)cc(Cl)c1OCc1ccc(I)cc1. The fourth-order valence-corrected chi connectivity index (χ4v) is 4.51. The average molecular weight is 576 g/mol. The Morgan fingerprint density at radius 2 is 2.03 bits per heavy atom. The molecule has 1 fully saturated rings. The van der Waals surface area contributed by atoms with Crippen LogP contribution < -0.4 is 9.47 Å². The Hall–Kier alpha value is -1.82. The monoisotopic (exact) mass is 575 g/mol. The third-order valence-electron chi connectivity index (χ3n) is 4.01. The highest BCUT2D eigenvalue weighted by Gasteiger charge is 2.33. The van der Waals surface area contributed by atoms with E-state index in [4.69, 9.17) is 38.4 Å². The summed E-state index contributed by atoms with van der Waals surface area (Å²) >= 11 is 14.8. The molecular weight excluding hydrogens is 561 g/mol. The molecule has 30 heavy (non-hydrogen) atoms. The van der Waals surface area contributed by atoms with Gasteiger partial charge in [-0.25, -0.2) is 0 Å². The van der Waals surface area contributed by atoms with E-state index < -0.39 is 18.4 Å². The lowest BCUT2D eigenvalue weighted by Crippen LogP contribution is -2.33. The van der Waals surface area contributed by atoms with E-state index in [1.807, 2.05) is 24.3 Å². The van der Waals surface area contributed by atoms with Gasteiger partial charge in [-0.05, 0) is 64.1 Å². The van der Waals surface area contributed by atoms with Crippen molar-refractivity contribution in [2.75, 3.05) is 13.7 Å². The summed E-state index contributed by atoms with van der Waals surface area (Å²) in [6, 6.07) is 11.3. The predicted molar refractivity (Wildman–Crippen MR) is 129 cm³/mol. The first-order chi connectivity index (χ1) is 14.3. The van der Waals surface area contributed by atoms with Crippen LogP contribution in [0.15, 0.2) is 41.3 Å². The molecule has 1 heterocycles. The Morgan fingerprint density at radius 1 is 1.33 bits per heavy atom. The van der Waals surface area contributed by atoms with E-state index in [9.17, 15) is 9.59 Å². The summed E-state index contributed by atoms with van der Waals surface area (Å²) in [6.45, 7) is -0.155. The molecule has 0 spiro atoms. The molecule has 2 aromatic rings. The number of carboxylic acid groups (broad SMARTS) is 1. The summed E-state index contributed by atoms with van der Waals surface area (Å²) in [5.41, 5.74) is 1.59. The van der Waals surface area contributed by atoms with E-state index >= 15 is 0 Å². The van der Waals surface area contributed by atoms with Gasteiger partial charge in [-0.2, -0.15) is 0 Å². The number of benzene rings is 2. The van der Waals surface area contributed by atoms with Crippen LogP contribution in [0.3, 0.4) is 0 Å². The lowest BCUT2D eigenvalue weighted by atomic mass is 10.1. The topological polar surface area (TPSA) is 76.1 Å². The molecule has 0 radical (unpaired) electrons. The van der Waals surface area contributed by atoms with Gasteiger partial charge in [-0.1, -0.05) is 47.7 Å². The van der Waals surface area contributed by atoms with Crippen molar-refractivity contribution < 1.29 is 24.2 Å². The number of aliphatic carboxylic acids is 1. The highest BCUT2D eigenvalue weighted by atomic mass is 127. The van der Waals surface area contributed by atoms with Crippen molar-refractivity contribution in [2.24, 2.45) is 0 Å². The quantitative estimate of drug-likeness (QED) is 0.288. The van der Waals surface area contributed by atoms with Gasteiger partial charge in [0.1, 0.15) is 17.5 Å². The highest BCUT2D eigenvalue weighted by molar-refractivity contribution is 14.1. The molecule has 10 heteroatoms. The van der Waals surface area contributed by atoms with Crippen molar-refractivity contribution >= 4 is 80.4 Å². The fraction of sp³-hybridized carbons (Fsp3) is 0.150. The minimum Gasteiger partial charge on any atom is -0.493 e. The first-order valence-corrected chi connectivity index (χ1v) is 11.2. The molecular formula is C20H15ClINO5S2. The predicted octanol–water partition coefficient (Wildman–Crippen LogP) is 4.82. The number of thioether (sulfide) groups is 1. The third kappa shape index (κ3) is 5.45. The number of halogens is 2. The summed E-state index contributed by atoms with van der Waals surface area (Å²) in [6.07, 6.45) is 1.60. The first kappa shape index (κ1) is 22.9. The van der Waals surface area contributed by atoms with Crippen LogP contribution >= 0.6 is 58.2 Å². The van der Waals surface area contributed by atoms with Gasteiger partial charge in [0, 0.05) is 3.57 Å². The van der Waals surface area contributed by atoms with Crippen LogP contribution in [0, 0.1) is 3.57 Å². The molecule has 0 bridgehead atoms. The van der Waals surface area contributed by atoms with E-state index in [-0.39, 0.29) is 4.32 Å². The molecule has 3 rings (SSSR count). The van der Waals surface area contributed by atoms with Crippen molar-refractivity contribution in [2.45, 2.75) is 6.61 Å². The van der Waals surface area contributed by atoms with Gasteiger partial charge in [0.05, 0.1) is 17.0 Å². The number of hydrogen-bond acceptors (Lipinski definition) is 6. The maximum atomic E-state index is 12.4. The van der Waals surface area contributed by atoms with Crippen molar-refractivity contribution in [1.82, 2.24) is 4.90 Å². The number of amides is 1. The molecule has 0 saturated carbocycles. The number of ether oxygens (including phenoxy) is 2. The molecule has 2 aromatic carbocycles. The van der Waals surface area contributed by atoms with Gasteiger partial charge >= 0.3 is 5.97 Å². The van der Waals surface area contributed by atoms with Gasteiger partial charge in [-0.3, -0.25) is 14.5 Å². The molecule has 0 aliphatic carbocycles. The van der Waals surface area contributed by atoms with Crippen molar-refractivity contribution in [3.8, 4) is 11.5 Å². The Kier molecular flexibility index (Phi) is 7.61. The molecule has 1 aliphatic rings. The molecule has 0 aromatic heterocycles. The molecule has 156 valence electrons. The Bertz CT molecular complexity index is 1040. The molecule has 1 aliphatic heterocycles. The maximum Gasteiger partial charge on any atom is 0.323 e. The number of carboxylic acids is 1. The number of nitrogens with zero attached hydrogens (tertiary/aromatic N) is 1. The Labute approximate surface area is 201 Å². The van der Waals surface area contributed by atoms with Crippen molar-refractivity contribution in [1.29, 1.82) is 0 Å². The molecule has 1 saturated heterocycles. The second-order valence-corrected chi connectivity index (χ2v) is 9.44. The van der Waals surface area contributed by atoms with Crippen molar-refractivity contribution in [3.05, 3.63) is 61.0 Å². The van der Waals surface area contributed by atoms with Gasteiger partial charge in [0.15, 0.2) is 11.5 Å². The number of carbonyl (C=O) groups excluding carboxylic acids is 1. The second kappa shape index (κ2) is 9.99. The summed E-state index contributed by atoms with van der Waals surface area (Å²) in [7, 11) is 1.50. The van der Waals surface area contributed by atoms with E-state index in [1.54, 1.807) is 18.2 Å². The maximum absolute atomic E-state index is 12.4. The summed E-state index contributed by atoms with van der Waals surface area (Å²) < 4.78 is 12.6. The van der Waals surface area contributed by atoms with Gasteiger partial charge < -0.3 is 14.6 Å². The zero-order chi connectivity index (χ0) is 21.8. The summed E-state index contributed by atoms with van der Waals surface area (Å²) in [4.78, 5) is 24.7. The highest BCUT2D eigenvalue weighted by Crippen LogP contribution is 2.39. The molecule has 6 nitrogen and oxygen atoms in total.